The van der Waals surface area contributed by atoms with E-state index in [1.807, 2.05) is 4.98 Å². The molecule has 0 unspecified atom stereocenters. The quantitative estimate of drug-likeness (QED) is 0.204. The first-order chi connectivity index (χ1) is 11.4. The lowest BCUT2D eigenvalue weighted by Gasteiger charge is -2.04. The molecule has 4 aromatic rings. The zero-order valence-electron chi connectivity index (χ0n) is 11.3. The zero-order chi connectivity index (χ0) is 17.2. The van der Waals surface area contributed by atoms with E-state index in [1.165, 1.54) is 0 Å². The fourth-order valence-electron chi connectivity index (χ4n) is 2.38. The molecule has 0 spiro atoms. The summed E-state index contributed by atoms with van der Waals surface area (Å²) in [5.41, 5.74) is -6.94. The first-order valence-corrected chi connectivity index (χ1v) is 6.32. The van der Waals surface area contributed by atoms with E-state index in [-0.39, 0.29) is 16.7 Å². The van der Waals surface area contributed by atoms with Gasteiger partial charge in [-0.3, -0.25) is 39.5 Å². The van der Waals surface area contributed by atoms with E-state index in [0.717, 1.165) is 0 Å². The topological polar surface area (TPSA) is 207 Å². The van der Waals surface area contributed by atoms with Crippen LogP contribution in [0.1, 0.15) is 0 Å². The second-order valence-corrected chi connectivity index (χ2v) is 4.75. The minimum absolute atomic E-state index is 0.162. The number of nitrogens with one attached hydrogen (secondary N) is 6. The summed E-state index contributed by atoms with van der Waals surface area (Å²) in [5.74, 6) is 0. The Morgan fingerprint density at radius 3 is 2.00 bits per heavy atom. The number of hydrogen-bond acceptors (Lipinski definition) is 6. The predicted octanol–water partition coefficient (Wildman–Crippen LogP) is -3.96. The highest BCUT2D eigenvalue weighted by atomic mass is 16.2. The zero-order valence-corrected chi connectivity index (χ0v) is 11.3. The van der Waals surface area contributed by atoms with Gasteiger partial charge in [-0.1, -0.05) is 0 Å². The molecule has 0 aromatic carbocycles. The van der Waals surface area contributed by atoms with E-state index < -0.39 is 39.5 Å². The van der Waals surface area contributed by atoms with Crippen LogP contribution < -0.4 is 33.9 Å². The molecule has 0 amide bonds. The minimum atomic E-state index is -1.08. The first-order valence-electron chi connectivity index (χ1n) is 6.32. The summed E-state index contributed by atoms with van der Waals surface area (Å²) in [5, 5.41) is 0. The van der Waals surface area contributed by atoms with Crippen molar-refractivity contribution in [3.05, 3.63) is 62.6 Å². The second-order valence-electron chi connectivity index (χ2n) is 4.75. The Morgan fingerprint density at radius 1 is 0.583 bits per heavy atom. The van der Waals surface area contributed by atoms with Crippen molar-refractivity contribution in [2.75, 3.05) is 0 Å². The number of rotatable bonds is 1. The summed E-state index contributed by atoms with van der Waals surface area (Å²) in [7, 11) is 0. The molecule has 0 bridgehead atoms. The molecule has 122 valence electrons. The molecule has 4 rings (SSSR count). The lowest BCUT2D eigenvalue weighted by Crippen LogP contribution is -2.44. The molecule has 0 saturated heterocycles. The number of imidazole rings is 2. The maximum atomic E-state index is 12.4. The van der Waals surface area contributed by atoms with Gasteiger partial charge in [0.05, 0.1) is 0 Å². The van der Waals surface area contributed by atoms with Gasteiger partial charge in [0, 0.05) is 0 Å². The van der Waals surface area contributed by atoms with Crippen LogP contribution in [0.2, 0.25) is 0 Å². The second kappa shape index (κ2) is 4.22. The number of aromatic nitrogens is 8. The highest BCUT2D eigenvalue weighted by Gasteiger charge is 2.18. The van der Waals surface area contributed by atoms with Gasteiger partial charge < -0.3 is 0 Å². The Balaban J connectivity index is 2.29. The van der Waals surface area contributed by atoms with Crippen molar-refractivity contribution in [2.24, 2.45) is 0 Å². The molecule has 24 heavy (non-hydrogen) atoms. The molecule has 14 heteroatoms. The van der Waals surface area contributed by atoms with Gasteiger partial charge in [0.15, 0.2) is 16.7 Å². The molecular formula is C10H6N8O6. The molecule has 0 radical (unpaired) electrons. The average Bonchev–Trinajstić information content (AvgIpc) is 3.00. The molecule has 0 aliphatic carbocycles. The van der Waals surface area contributed by atoms with Gasteiger partial charge in [0.1, 0.15) is 5.65 Å². The van der Waals surface area contributed by atoms with Gasteiger partial charge in [-0.2, -0.15) is 9.35 Å². The van der Waals surface area contributed by atoms with Gasteiger partial charge in [0.2, 0.25) is 0 Å². The average molecular weight is 334 g/mol. The van der Waals surface area contributed by atoms with E-state index in [9.17, 15) is 28.8 Å². The normalized spacial score (nSPS) is 11.5. The third kappa shape index (κ3) is 1.64. The molecule has 14 nitrogen and oxygen atoms in total. The van der Waals surface area contributed by atoms with Crippen molar-refractivity contribution < 1.29 is 0 Å². The predicted molar refractivity (Wildman–Crippen MR) is 78.4 cm³/mol. The van der Waals surface area contributed by atoms with Gasteiger partial charge in [-0.15, -0.1) is 0 Å². The van der Waals surface area contributed by atoms with Crippen molar-refractivity contribution in [1.29, 1.82) is 0 Å². The Bertz CT molecular complexity index is 1480. The lowest BCUT2D eigenvalue weighted by atomic mass is 10.5. The van der Waals surface area contributed by atoms with Crippen LogP contribution in [0.25, 0.3) is 22.3 Å². The third-order valence-corrected chi connectivity index (χ3v) is 3.32. The molecular weight excluding hydrogens is 328 g/mol. The van der Waals surface area contributed by atoms with Crippen molar-refractivity contribution >= 4 is 22.3 Å². The Labute approximate surface area is 125 Å². The Morgan fingerprint density at radius 2 is 1.25 bits per heavy atom. The lowest BCUT2D eigenvalue weighted by molar-refractivity contribution is 0.587. The van der Waals surface area contributed by atoms with Gasteiger partial charge >= 0.3 is 28.3 Å². The largest absolute Gasteiger partial charge is 0.350 e. The van der Waals surface area contributed by atoms with Crippen LogP contribution in [0, 0.1) is 0 Å². The summed E-state index contributed by atoms with van der Waals surface area (Å²) in [6.45, 7) is 0. The summed E-state index contributed by atoms with van der Waals surface area (Å²) in [6, 6.07) is 0. The fraction of sp³-hybridized carbons (Fsp3) is 0. The van der Waals surface area contributed by atoms with Crippen LogP contribution in [-0.2, 0) is 0 Å². The summed E-state index contributed by atoms with van der Waals surface area (Å²) in [4.78, 5) is 83.8. The van der Waals surface area contributed by atoms with Crippen LogP contribution in [0.5, 0.6) is 0 Å². The molecule has 4 heterocycles. The van der Waals surface area contributed by atoms with E-state index in [2.05, 4.69) is 24.9 Å². The highest BCUT2D eigenvalue weighted by Crippen LogP contribution is 1.98. The maximum Gasteiger partial charge on any atom is 0.350 e. The number of nitrogens with zero attached hydrogens (tertiary/aromatic N) is 2. The van der Waals surface area contributed by atoms with Crippen LogP contribution in [-0.4, -0.2) is 39.3 Å². The monoisotopic (exact) mass is 334 g/mol. The Hall–Kier alpha value is -4.10. The smallest absolute Gasteiger partial charge is 0.300 e. The Kier molecular flexibility index (Phi) is 2.38. The number of H-pyrrole nitrogens is 6. The summed E-state index contributed by atoms with van der Waals surface area (Å²) >= 11 is 0. The number of fused-ring (bicyclic) bond motifs is 2. The summed E-state index contributed by atoms with van der Waals surface area (Å²) in [6.07, 6.45) is 0. The van der Waals surface area contributed by atoms with Crippen molar-refractivity contribution in [3.8, 4) is 0 Å². The number of hydrogen-bond donors (Lipinski definition) is 6. The van der Waals surface area contributed by atoms with E-state index >= 15 is 0 Å². The van der Waals surface area contributed by atoms with Crippen LogP contribution >= 0.6 is 0 Å². The molecule has 0 saturated carbocycles. The van der Waals surface area contributed by atoms with Crippen molar-refractivity contribution in [1.82, 2.24) is 39.3 Å². The molecule has 0 aliphatic rings. The highest BCUT2D eigenvalue weighted by molar-refractivity contribution is 5.70. The summed E-state index contributed by atoms with van der Waals surface area (Å²) < 4.78 is 0.820. The third-order valence-electron chi connectivity index (χ3n) is 3.32. The van der Waals surface area contributed by atoms with Crippen molar-refractivity contribution in [2.45, 2.75) is 0 Å². The molecule has 4 aromatic heterocycles. The van der Waals surface area contributed by atoms with Crippen molar-refractivity contribution in [3.63, 3.8) is 0 Å². The van der Waals surface area contributed by atoms with Crippen LogP contribution in [0.4, 0.5) is 0 Å². The molecule has 0 aliphatic heterocycles. The van der Waals surface area contributed by atoms with E-state index in [1.54, 1.807) is 0 Å². The van der Waals surface area contributed by atoms with E-state index in [0.29, 0.717) is 9.35 Å². The van der Waals surface area contributed by atoms with Gasteiger partial charge in [0.25, 0.3) is 5.56 Å². The van der Waals surface area contributed by atoms with Gasteiger partial charge in [-0.25, -0.2) is 19.2 Å². The number of aromatic amines is 6. The SMILES string of the molecule is O=c1[nH]c2[nH]c(=O)n(-n3c(=O)[nH]c4c(=O)[nH]c(=O)[nH]c43)c(=O)c2[nH]1. The van der Waals surface area contributed by atoms with Crippen LogP contribution in [0.15, 0.2) is 28.8 Å². The maximum absolute atomic E-state index is 12.4. The molecule has 6 N–H and O–H groups in total. The molecule has 0 fully saturated rings. The van der Waals surface area contributed by atoms with E-state index in [4.69, 9.17) is 0 Å². The molecule has 0 atom stereocenters. The van der Waals surface area contributed by atoms with Gasteiger partial charge in [-0.05, 0) is 0 Å². The fourth-order valence-corrected chi connectivity index (χ4v) is 2.38. The first kappa shape index (κ1) is 13.6. The standard InChI is InChI=1S/C10H6N8O6/c19-5-2-4(15-8(22)16-5)17(9(23)12-2)18-6(20)1-3(14-10(18)24)13-7(21)11-1/h(H,12,23)(H,14,24)(H2,11,13,21)(H2,15,16,19,22). The van der Waals surface area contributed by atoms with Crippen LogP contribution in [0.3, 0.4) is 0 Å². The minimum Gasteiger partial charge on any atom is -0.300 e.